The number of rotatable bonds is 1. The smallest absolute Gasteiger partial charge is 0.400 e. The number of nitro groups is 1. The third kappa shape index (κ3) is 1.00. The van der Waals surface area contributed by atoms with Crippen molar-refractivity contribution in [1.29, 1.82) is 0 Å². The van der Waals surface area contributed by atoms with Gasteiger partial charge >= 0.3 is 11.4 Å². The van der Waals surface area contributed by atoms with Gasteiger partial charge in [0, 0.05) is 13.1 Å². The Morgan fingerprint density at radius 2 is 2.21 bits per heavy atom. The summed E-state index contributed by atoms with van der Waals surface area (Å²) in [4.78, 5) is 21.1. The third-order valence-corrected chi connectivity index (χ3v) is 1.99. The van der Waals surface area contributed by atoms with E-state index in [1.807, 2.05) is 0 Å². The molecule has 1 aromatic carbocycles. The van der Waals surface area contributed by atoms with Gasteiger partial charge in [-0.05, 0) is 6.07 Å². The van der Waals surface area contributed by atoms with Crippen LogP contribution in [-0.2, 0) is 7.05 Å². The number of aryl methyl sites for hydroxylation is 1. The van der Waals surface area contributed by atoms with E-state index in [1.165, 1.54) is 23.7 Å². The van der Waals surface area contributed by atoms with Crippen molar-refractivity contribution in [3.8, 4) is 0 Å². The van der Waals surface area contributed by atoms with Crippen molar-refractivity contribution in [1.82, 2.24) is 4.57 Å². The number of nitrogens with zero attached hydrogens (tertiary/aromatic N) is 2. The van der Waals surface area contributed by atoms with Gasteiger partial charge in [0.05, 0.1) is 10.4 Å². The molecule has 0 aliphatic rings. The second-order valence-corrected chi connectivity index (χ2v) is 2.81. The highest BCUT2D eigenvalue weighted by Gasteiger charge is 2.17. The number of para-hydroxylation sites is 1. The Bertz CT molecular complexity index is 566. The van der Waals surface area contributed by atoms with Crippen molar-refractivity contribution >= 4 is 16.8 Å². The summed E-state index contributed by atoms with van der Waals surface area (Å²) >= 11 is 0. The lowest BCUT2D eigenvalue weighted by atomic mass is 10.3. The molecule has 2 rings (SSSR count). The lowest BCUT2D eigenvalue weighted by molar-refractivity contribution is -0.383. The van der Waals surface area contributed by atoms with Crippen LogP contribution >= 0.6 is 0 Å². The average Bonchev–Trinajstić information content (AvgIpc) is 2.43. The van der Waals surface area contributed by atoms with Gasteiger partial charge in [-0.25, -0.2) is 4.79 Å². The maximum absolute atomic E-state index is 11.1. The van der Waals surface area contributed by atoms with E-state index in [4.69, 9.17) is 4.42 Å². The van der Waals surface area contributed by atoms with Crippen molar-refractivity contribution in [2.45, 2.75) is 0 Å². The van der Waals surface area contributed by atoms with Gasteiger partial charge < -0.3 is 4.42 Å². The lowest BCUT2D eigenvalue weighted by Crippen LogP contribution is -2.08. The Balaban J connectivity index is 2.95. The summed E-state index contributed by atoms with van der Waals surface area (Å²) in [5.41, 5.74) is 0.245. The maximum Gasteiger partial charge on any atom is 0.419 e. The van der Waals surface area contributed by atoms with Crippen molar-refractivity contribution in [3.63, 3.8) is 0 Å². The number of aromatic nitrogens is 1. The molecule has 1 heterocycles. The minimum absolute atomic E-state index is 0.0185. The summed E-state index contributed by atoms with van der Waals surface area (Å²) in [6, 6.07) is 4.40. The molecule has 1 aromatic heterocycles. The zero-order valence-electron chi connectivity index (χ0n) is 7.26. The Kier molecular flexibility index (Phi) is 1.63. The number of non-ortho nitro benzene ring substituents is 1. The highest BCUT2D eigenvalue weighted by molar-refractivity contribution is 5.82. The molecule has 0 amide bonds. The van der Waals surface area contributed by atoms with Crippen LogP contribution in [0.25, 0.3) is 11.1 Å². The molecule has 0 spiro atoms. The molecule has 0 N–H and O–H groups in total. The first-order valence-electron chi connectivity index (χ1n) is 3.84. The van der Waals surface area contributed by atoms with Gasteiger partial charge in [0.25, 0.3) is 0 Å². The van der Waals surface area contributed by atoms with E-state index in [9.17, 15) is 14.9 Å². The maximum atomic E-state index is 11.1. The zero-order chi connectivity index (χ0) is 10.3. The summed E-state index contributed by atoms with van der Waals surface area (Å²) in [6.07, 6.45) is 0. The zero-order valence-corrected chi connectivity index (χ0v) is 7.26. The minimum Gasteiger partial charge on any atom is -0.400 e. The Hall–Kier alpha value is -2.11. The van der Waals surface area contributed by atoms with E-state index < -0.39 is 10.7 Å². The minimum atomic E-state index is -0.602. The molecule has 6 nitrogen and oxygen atoms in total. The summed E-state index contributed by atoms with van der Waals surface area (Å²) in [7, 11) is 1.50. The molecule has 0 aliphatic carbocycles. The Morgan fingerprint density at radius 1 is 1.50 bits per heavy atom. The van der Waals surface area contributed by atoms with Crippen LogP contribution in [0.3, 0.4) is 0 Å². The number of hydrogen-bond acceptors (Lipinski definition) is 4. The van der Waals surface area contributed by atoms with Gasteiger partial charge in [-0.15, -0.1) is 0 Å². The molecule has 72 valence electrons. The van der Waals surface area contributed by atoms with Gasteiger partial charge in [-0.1, -0.05) is 6.07 Å². The van der Waals surface area contributed by atoms with E-state index in [0.29, 0.717) is 5.52 Å². The predicted molar refractivity (Wildman–Crippen MR) is 48.1 cm³/mol. The summed E-state index contributed by atoms with van der Waals surface area (Å²) in [5, 5.41) is 10.6. The van der Waals surface area contributed by atoms with Crippen LogP contribution in [0.15, 0.2) is 27.4 Å². The topological polar surface area (TPSA) is 78.3 Å². The first-order chi connectivity index (χ1) is 6.61. The standard InChI is InChI=1S/C8H6N2O4/c1-9-5-3-2-4-6(10(12)13)7(5)14-8(9)11/h2-4H,1H3. The van der Waals surface area contributed by atoms with Crippen molar-refractivity contribution in [2.24, 2.45) is 7.05 Å². The second kappa shape index (κ2) is 2.69. The van der Waals surface area contributed by atoms with Crippen LogP contribution in [0.1, 0.15) is 0 Å². The second-order valence-electron chi connectivity index (χ2n) is 2.81. The number of benzene rings is 1. The van der Waals surface area contributed by atoms with Gasteiger partial charge in [0.1, 0.15) is 0 Å². The molecule has 14 heavy (non-hydrogen) atoms. The molecular formula is C8H6N2O4. The van der Waals surface area contributed by atoms with Gasteiger partial charge in [-0.3, -0.25) is 14.7 Å². The molecule has 0 atom stereocenters. The molecular weight excluding hydrogens is 188 g/mol. The van der Waals surface area contributed by atoms with Crippen LogP contribution in [-0.4, -0.2) is 9.49 Å². The summed E-state index contributed by atoms with van der Waals surface area (Å²) in [5.74, 6) is -0.602. The lowest BCUT2D eigenvalue weighted by Gasteiger charge is -1.91. The molecule has 0 saturated heterocycles. The fraction of sp³-hybridized carbons (Fsp3) is 0.125. The molecule has 0 fully saturated rings. The Morgan fingerprint density at radius 3 is 2.86 bits per heavy atom. The van der Waals surface area contributed by atoms with Crippen molar-refractivity contribution in [2.75, 3.05) is 0 Å². The van der Waals surface area contributed by atoms with E-state index in [-0.39, 0.29) is 11.3 Å². The largest absolute Gasteiger partial charge is 0.419 e. The SMILES string of the molecule is Cn1c(=O)oc2c([N+](=O)[O-])cccc21. The predicted octanol–water partition coefficient (Wildman–Crippen LogP) is 1.04. The molecule has 0 bridgehead atoms. The average molecular weight is 194 g/mol. The summed E-state index contributed by atoms with van der Waals surface area (Å²) in [6.45, 7) is 0. The van der Waals surface area contributed by atoms with E-state index in [1.54, 1.807) is 6.07 Å². The number of oxazole rings is 1. The fourth-order valence-electron chi connectivity index (χ4n) is 1.28. The van der Waals surface area contributed by atoms with E-state index >= 15 is 0 Å². The molecule has 0 radical (unpaired) electrons. The van der Waals surface area contributed by atoms with Crippen LogP contribution in [0, 0.1) is 10.1 Å². The van der Waals surface area contributed by atoms with Crippen LogP contribution in [0.5, 0.6) is 0 Å². The first-order valence-corrected chi connectivity index (χ1v) is 3.84. The number of hydrogen-bond donors (Lipinski definition) is 0. The first kappa shape index (κ1) is 8.49. The Labute approximate surface area is 77.5 Å². The van der Waals surface area contributed by atoms with Gasteiger partial charge in [0.15, 0.2) is 0 Å². The van der Waals surface area contributed by atoms with Gasteiger partial charge in [0.2, 0.25) is 5.58 Å². The van der Waals surface area contributed by atoms with E-state index in [0.717, 1.165) is 0 Å². The van der Waals surface area contributed by atoms with Crippen LogP contribution in [0.4, 0.5) is 5.69 Å². The highest BCUT2D eigenvalue weighted by atomic mass is 16.6. The van der Waals surface area contributed by atoms with E-state index in [2.05, 4.69) is 0 Å². The molecule has 0 unspecified atom stereocenters. The fourth-order valence-corrected chi connectivity index (χ4v) is 1.28. The summed E-state index contributed by atoms with van der Waals surface area (Å²) < 4.78 is 5.98. The molecule has 2 aromatic rings. The molecule has 6 heteroatoms. The van der Waals surface area contributed by atoms with Crippen LogP contribution < -0.4 is 5.76 Å². The van der Waals surface area contributed by atoms with Crippen molar-refractivity contribution < 1.29 is 9.34 Å². The molecule has 0 saturated carbocycles. The monoisotopic (exact) mass is 194 g/mol. The third-order valence-electron chi connectivity index (χ3n) is 1.99. The highest BCUT2D eigenvalue weighted by Crippen LogP contribution is 2.23. The number of nitro benzene ring substituents is 1. The molecule has 0 aliphatic heterocycles. The van der Waals surface area contributed by atoms with Crippen molar-refractivity contribution in [3.05, 3.63) is 38.9 Å². The quantitative estimate of drug-likeness (QED) is 0.501. The van der Waals surface area contributed by atoms with Gasteiger partial charge in [-0.2, -0.15) is 0 Å². The normalized spacial score (nSPS) is 10.6. The van der Waals surface area contributed by atoms with Crippen LogP contribution in [0.2, 0.25) is 0 Å². The number of fused-ring (bicyclic) bond motifs is 1.